The number of rotatable bonds is 5. The third kappa shape index (κ3) is 3.34. The maximum absolute atomic E-state index is 10.8. The number of nitro benzene ring substituents is 1. The van der Waals surface area contributed by atoms with E-state index in [9.17, 15) is 10.1 Å². The van der Waals surface area contributed by atoms with E-state index in [0.29, 0.717) is 18.7 Å². The molecule has 0 saturated heterocycles. The van der Waals surface area contributed by atoms with Crippen LogP contribution in [-0.2, 0) is 0 Å². The Morgan fingerprint density at radius 3 is 2.76 bits per heavy atom. The van der Waals surface area contributed by atoms with Crippen molar-refractivity contribution in [3.05, 3.63) is 28.3 Å². The highest BCUT2D eigenvalue weighted by molar-refractivity contribution is 5.64. The summed E-state index contributed by atoms with van der Waals surface area (Å²) in [6.07, 6.45) is 0.383. The fourth-order valence-corrected chi connectivity index (χ4v) is 1.41. The predicted molar refractivity (Wildman–Crippen MR) is 66.1 cm³/mol. The maximum atomic E-state index is 10.8. The molecule has 0 aliphatic rings. The van der Waals surface area contributed by atoms with Crippen LogP contribution in [0.3, 0.4) is 0 Å². The van der Waals surface area contributed by atoms with Crippen molar-refractivity contribution in [3.8, 4) is 6.07 Å². The molecular weight excluding hydrogens is 220 g/mol. The quantitative estimate of drug-likeness (QED) is 0.622. The summed E-state index contributed by atoms with van der Waals surface area (Å²) in [4.78, 5) is 12.2. The van der Waals surface area contributed by atoms with E-state index in [1.165, 1.54) is 12.1 Å². The van der Waals surface area contributed by atoms with Crippen LogP contribution in [0, 0.1) is 21.4 Å². The third-order valence-electron chi connectivity index (χ3n) is 2.40. The van der Waals surface area contributed by atoms with Crippen molar-refractivity contribution in [1.29, 1.82) is 5.26 Å². The molecule has 90 valence electrons. The first kappa shape index (κ1) is 12.8. The van der Waals surface area contributed by atoms with Gasteiger partial charge in [0.1, 0.15) is 0 Å². The summed E-state index contributed by atoms with van der Waals surface area (Å²) in [5.41, 5.74) is 1.44. The number of anilines is 2. The van der Waals surface area contributed by atoms with Crippen molar-refractivity contribution in [2.24, 2.45) is 0 Å². The largest absolute Gasteiger partial charge is 0.388 e. The Morgan fingerprint density at radius 2 is 2.24 bits per heavy atom. The Bertz CT molecular complexity index is 453. The number of nitro groups is 1. The lowest BCUT2D eigenvalue weighted by atomic mass is 10.2. The number of benzene rings is 1. The first-order valence-corrected chi connectivity index (χ1v) is 5.14. The van der Waals surface area contributed by atoms with Gasteiger partial charge in [0.25, 0.3) is 5.69 Å². The fourth-order valence-electron chi connectivity index (χ4n) is 1.41. The second-order valence-electron chi connectivity index (χ2n) is 3.57. The van der Waals surface area contributed by atoms with Crippen molar-refractivity contribution in [3.63, 3.8) is 0 Å². The molecular formula is C11H14N4O2. The van der Waals surface area contributed by atoms with Crippen LogP contribution in [0.25, 0.3) is 0 Å². The number of nitrogens with one attached hydrogen (secondary N) is 1. The third-order valence-corrected chi connectivity index (χ3v) is 2.40. The standard InChI is InChI=1S/C11H14N4O2/c1-13-9-6-10(14(2)5-3-4-12)8-11(7-9)15(16)17/h6-8,13H,3,5H2,1-2H3. The topological polar surface area (TPSA) is 82.2 Å². The molecule has 0 aliphatic heterocycles. The minimum Gasteiger partial charge on any atom is -0.388 e. The number of non-ortho nitro benzene ring substituents is 1. The van der Waals surface area contributed by atoms with Crippen LogP contribution in [0.15, 0.2) is 18.2 Å². The second-order valence-corrected chi connectivity index (χ2v) is 3.57. The fraction of sp³-hybridized carbons (Fsp3) is 0.364. The molecule has 0 unspecified atom stereocenters. The summed E-state index contributed by atoms with van der Waals surface area (Å²) in [5, 5.41) is 22.2. The van der Waals surface area contributed by atoms with Crippen LogP contribution in [-0.4, -0.2) is 25.6 Å². The molecule has 0 atom stereocenters. The molecule has 0 amide bonds. The van der Waals surface area contributed by atoms with Crippen LogP contribution in [0.2, 0.25) is 0 Å². The number of hydrogen-bond acceptors (Lipinski definition) is 5. The van der Waals surface area contributed by atoms with E-state index in [0.717, 1.165) is 5.69 Å². The minimum absolute atomic E-state index is 0.0376. The van der Waals surface area contributed by atoms with Crippen LogP contribution < -0.4 is 10.2 Å². The van der Waals surface area contributed by atoms with Gasteiger partial charge in [0.15, 0.2) is 0 Å². The SMILES string of the molecule is CNc1cc(N(C)CCC#N)cc([N+](=O)[O-])c1. The summed E-state index contributed by atoms with van der Waals surface area (Å²) in [6, 6.07) is 6.83. The molecule has 6 nitrogen and oxygen atoms in total. The van der Waals surface area contributed by atoms with Gasteiger partial charge in [0.2, 0.25) is 0 Å². The van der Waals surface area contributed by atoms with Crippen molar-refractivity contribution >= 4 is 17.1 Å². The van der Waals surface area contributed by atoms with Gasteiger partial charge in [-0.2, -0.15) is 5.26 Å². The van der Waals surface area contributed by atoms with Crippen LogP contribution in [0.5, 0.6) is 0 Å². The lowest BCUT2D eigenvalue weighted by Crippen LogP contribution is -2.18. The molecule has 0 heterocycles. The predicted octanol–water partition coefficient (Wildman–Crippen LogP) is 1.99. The van der Waals surface area contributed by atoms with Gasteiger partial charge in [0.05, 0.1) is 17.4 Å². The zero-order valence-corrected chi connectivity index (χ0v) is 9.80. The van der Waals surface area contributed by atoms with E-state index in [-0.39, 0.29) is 5.69 Å². The van der Waals surface area contributed by atoms with Gasteiger partial charge in [-0.1, -0.05) is 0 Å². The van der Waals surface area contributed by atoms with Gasteiger partial charge in [-0.3, -0.25) is 10.1 Å². The molecule has 1 rings (SSSR count). The van der Waals surface area contributed by atoms with E-state index in [4.69, 9.17) is 5.26 Å². The normalized spacial score (nSPS) is 9.47. The number of nitrogens with zero attached hydrogens (tertiary/aromatic N) is 3. The van der Waals surface area contributed by atoms with E-state index < -0.39 is 4.92 Å². The first-order valence-electron chi connectivity index (χ1n) is 5.14. The van der Waals surface area contributed by atoms with E-state index in [1.54, 1.807) is 14.1 Å². The van der Waals surface area contributed by atoms with Crippen molar-refractivity contribution in [1.82, 2.24) is 0 Å². The molecule has 17 heavy (non-hydrogen) atoms. The van der Waals surface area contributed by atoms with Crippen molar-refractivity contribution < 1.29 is 4.92 Å². The summed E-state index contributed by atoms with van der Waals surface area (Å²) >= 11 is 0. The van der Waals surface area contributed by atoms with Gasteiger partial charge in [-0.05, 0) is 6.07 Å². The lowest BCUT2D eigenvalue weighted by Gasteiger charge is -2.18. The lowest BCUT2D eigenvalue weighted by molar-refractivity contribution is -0.384. The molecule has 6 heteroatoms. The maximum Gasteiger partial charge on any atom is 0.273 e. The monoisotopic (exact) mass is 234 g/mol. The van der Waals surface area contributed by atoms with E-state index in [2.05, 4.69) is 5.32 Å². The molecule has 0 spiro atoms. The van der Waals surface area contributed by atoms with Crippen LogP contribution >= 0.6 is 0 Å². The van der Waals surface area contributed by atoms with Crippen LogP contribution in [0.4, 0.5) is 17.1 Å². The van der Waals surface area contributed by atoms with Crippen molar-refractivity contribution in [2.75, 3.05) is 30.9 Å². The highest BCUT2D eigenvalue weighted by Crippen LogP contribution is 2.26. The molecule has 0 fully saturated rings. The van der Waals surface area contributed by atoms with Gasteiger partial charge < -0.3 is 10.2 Å². The zero-order valence-electron chi connectivity index (χ0n) is 9.80. The minimum atomic E-state index is -0.428. The van der Waals surface area contributed by atoms with Gasteiger partial charge >= 0.3 is 0 Å². The zero-order chi connectivity index (χ0) is 12.8. The average molecular weight is 234 g/mol. The Labute approximate surface area is 99.6 Å². The number of nitriles is 1. The Morgan fingerprint density at radius 1 is 1.53 bits per heavy atom. The molecule has 0 aromatic heterocycles. The molecule has 1 N–H and O–H groups in total. The highest BCUT2D eigenvalue weighted by atomic mass is 16.6. The smallest absolute Gasteiger partial charge is 0.273 e. The molecule has 0 aliphatic carbocycles. The second kappa shape index (κ2) is 5.70. The van der Waals surface area contributed by atoms with Crippen molar-refractivity contribution in [2.45, 2.75) is 6.42 Å². The number of hydrogen-bond donors (Lipinski definition) is 1. The molecule has 0 saturated carbocycles. The molecule has 0 radical (unpaired) electrons. The highest BCUT2D eigenvalue weighted by Gasteiger charge is 2.11. The Balaban J connectivity index is 3.02. The molecule has 0 bridgehead atoms. The summed E-state index contributed by atoms with van der Waals surface area (Å²) in [5.74, 6) is 0. The molecule has 1 aromatic rings. The van der Waals surface area contributed by atoms with Crippen LogP contribution in [0.1, 0.15) is 6.42 Å². The van der Waals surface area contributed by atoms with Gasteiger partial charge in [0, 0.05) is 44.1 Å². The average Bonchev–Trinajstić information content (AvgIpc) is 2.35. The molecule has 1 aromatic carbocycles. The first-order chi connectivity index (χ1) is 8.08. The van der Waals surface area contributed by atoms with Gasteiger partial charge in [-0.15, -0.1) is 0 Å². The van der Waals surface area contributed by atoms with Gasteiger partial charge in [-0.25, -0.2) is 0 Å². The Hall–Kier alpha value is -2.29. The Kier molecular flexibility index (Phi) is 4.29. The summed E-state index contributed by atoms with van der Waals surface area (Å²) in [7, 11) is 3.51. The summed E-state index contributed by atoms with van der Waals surface area (Å²) in [6.45, 7) is 0.542. The van der Waals surface area contributed by atoms with E-state index >= 15 is 0 Å². The summed E-state index contributed by atoms with van der Waals surface area (Å²) < 4.78 is 0. The van der Waals surface area contributed by atoms with E-state index in [1.807, 2.05) is 17.0 Å².